The van der Waals surface area contributed by atoms with E-state index in [1.165, 1.54) is 0 Å². The van der Waals surface area contributed by atoms with Gasteiger partial charge in [0.05, 0.1) is 19.6 Å². The Morgan fingerprint density at radius 2 is 2.00 bits per heavy atom. The van der Waals surface area contributed by atoms with Crippen molar-refractivity contribution in [2.75, 3.05) is 26.3 Å². The first kappa shape index (κ1) is 12.6. The van der Waals surface area contributed by atoms with Crippen molar-refractivity contribution in [3.8, 4) is 0 Å². The zero-order valence-electron chi connectivity index (χ0n) is 10.9. The fraction of sp³-hybridized carbons (Fsp3) is 0.571. The Morgan fingerprint density at radius 1 is 1.26 bits per heavy atom. The first-order valence-electron chi connectivity index (χ1n) is 6.73. The quantitative estimate of drug-likeness (QED) is 0.797. The summed E-state index contributed by atoms with van der Waals surface area (Å²) in [6.45, 7) is 2.74. The number of likely N-dealkylation sites (tertiary alicyclic amines) is 1. The van der Waals surface area contributed by atoms with Gasteiger partial charge in [-0.2, -0.15) is 0 Å². The minimum absolute atomic E-state index is 0.131. The van der Waals surface area contributed by atoms with Crippen LogP contribution in [0.3, 0.4) is 0 Å². The molecule has 0 unspecified atom stereocenters. The fourth-order valence-electron chi connectivity index (χ4n) is 2.65. The molecule has 3 heterocycles. The molecule has 2 aliphatic rings. The number of carbonyl (C=O) groups is 1. The van der Waals surface area contributed by atoms with Gasteiger partial charge in [-0.15, -0.1) is 0 Å². The molecule has 0 radical (unpaired) electrons. The summed E-state index contributed by atoms with van der Waals surface area (Å²) in [6, 6.07) is 5.64. The van der Waals surface area contributed by atoms with Crippen LogP contribution in [0.25, 0.3) is 0 Å². The van der Waals surface area contributed by atoms with Gasteiger partial charge in [0.25, 0.3) is 0 Å². The minimum Gasteiger partial charge on any atom is -0.347 e. The number of piperidine rings is 1. The highest BCUT2D eigenvalue weighted by atomic mass is 16.7. The molecule has 0 atom stereocenters. The second kappa shape index (κ2) is 5.27. The standard InChI is InChI=1S/C14H18N2O3/c17-13(11-12-3-1-2-6-15-12)16-7-4-14(5-8-16)18-9-10-19-14/h1-3,6H,4-5,7-11H2. The third-order valence-electron chi connectivity index (χ3n) is 3.75. The Morgan fingerprint density at radius 3 is 2.63 bits per heavy atom. The Labute approximate surface area is 112 Å². The lowest BCUT2D eigenvalue weighted by Gasteiger charge is -2.37. The lowest BCUT2D eigenvalue weighted by Crippen LogP contribution is -2.47. The van der Waals surface area contributed by atoms with E-state index in [-0.39, 0.29) is 5.91 Å². The highest BCUT2D eigenvalue weighted by molar-refractivity contribution is 5.78. The van der Waals surface area contributed by atoms with Gasteiger partial charge in [-0.1, -0.05) is 6.07 Å². The molecular weight excluding hydrogens is 244 g/mol. The zero-order valence-corrected chi connectivity index (χ0v) is 10.9. The number of aromatic nitrogens is 1. The second-order valence-corrected chi connectivity index (χ2v) is 4.99. The number of ether oxygens (including phenoxy) is 2. The van der Waals surface area contributed by atoms with E-state index in [2.05, 4.69) is 4.98 Å². The van der Waals surface area contributed by atoms with E-state index < -0.39 is 5.79 Å². The second-order valence-electron chi connectivity index (χ2n) is 4.99. The number of carbonyl (C=O) groups excluding carboxylic acids is 1. The summed E-state index contributed by atoms with van der Waals surface area (Å²) < 4.78 is 11.3. The number of amides is 1. The summed E-state index contributed by atoms with van der Waals surface area (Å²) in [6.07, 6.45) is 3.62. The van der Waals surface area contributed by atoms with Crippen molar-refractivity contribution in [1.82, 2.24) is 9.88 Å². The van der Waals surface area contributed by atoms with Crippen molar-refractivity contribution in [1.29, 1.82) is 0 Å². The van der Waals surface area contributed by atoms with Gasteiger partial charge in [0, 0.05) is 37.8 Å². The average Bonchev–Trinajstić information content (AvgIpc) is 2.89. The van der Waals surface area contributed by atoms with Crippen LogP contribution in [0.1, 0.15) is 18.5 Å². The number of nitrogens with zero attached hydrogens (tertiary/aromatic N) is 2. The summed E-state index contributed by atoms with van der Waals surface area (Å²) in [5.74, 6) is -0.284. The lowest BCUT2D eigenvalue weighted by molar-refractivity contribution is -0.187. The third-order valence-corrected chi connectivity index (χ3v) is 3.75. The van der Waals surface area contributed by atoms with Gasteiger partial charge in [0.15, 0.2) is 5.79 Å². The Hall–Kier alpha value is -1.46. The molecular formula is C14H18N2O3. The number of rotatable bonds is 2. The fourth-order valence-corrected chi connectivity index (χ4v) is 2.65. The maximum atomic E-state index is 12.2. The number of hydrogen-bond donors (Lipinski definition) is 0. The summed E-state index contributed by atoms with van der Waals surface area (Å²) >= 11 is 0. The molecule has 1 aromatic heterocycles. The molecule has 0 aliphatic carbocycles. The maximum Gasteiger partial charge on any atom is 0.228 e. The largest absolute Gasteiger partial charge is 0.347 e. The van der Waals surface area contributed by atoms with Crippen LogP contribution in [0.5, 0.6) is 0 Å². The molecule has 0 bridgehead atoms. The Kier molecular flexibility index (Phi) is 3.48. The third kappa shape index (κ3) is 2.77. The van der Waals surface area contributed by atoms with Gasteiger partial charge < -0.3 is 14.4 Å². The number of pyridine rings is 1. The molecule has 19 heavy (non-hydrogen) atoms. The molecule has 5 nitrogen and oxygen atoms in total. The van der Waals surface area contributed by atoms with E-state index in [1.807, 2.05) is 23.1 Å². The highest BCUT2D eigenvalue weighted by Gasteiger charge is 2.40. The highest BCUT2D eigenvalue weighted by Crippen LogP contribution is 2.31. The summed E-state index contributed by atoms with van der Waals surface area (Å²) in [7, 11) is 0. The van der Waals surface area contributed by atoms with Crippen LogP contribution < -0.4 is 0 Å². The van der Waals surface area contributed by atoms with Gasteiger partial charge in [-0.05, 0) is 12.1 Å². The molecule has 1 spiro atoms. The van der Waals surface area contributed by atoms with Gasteiger partial charge >= 0.3 is 0 Å². The molecule has 3 rings (SSSR count). The molecule has 0 saturated carbocycles. The normalized spacial score (nSPS) is 21.8. The van der Waals surface area contributed by atoms with Crippen molar-refractivity contribution in [3.63, 3.8) is 0 Å². The monoisotopic (exact) mass is 262 g/mol. The molecule has 2 aliphatic heterocycles. The molecule has 1 aromatic rings. The smallest absolute Gasteiger partial charge is 0.228 e. The molecule has 2 fully saturated rings. The molecule has 102 valence electrons. The van der Waals surface area contributed by atoms with E-state index in [4.69, 9.17) is 9.47 Å². The van der Waals surface area contributed by atoms with Crippen LogP contribution >= 0.6 is 0 Å². The maximum absolute atomic E-state index is 12.2. The predicted molar refractivity (Wildman–Crippen MR) is 68.4 cm³/mol. The van der Waals surface area contributed by atoms with Crippen LogP contribution in [-0.2, 0) is 20.7 Å². The van der Waals surface area contributed by atoms with Crippen LogP contribution in [0.15, 0.2) is 24.4 Å². The van der Waals surface area contributed by atoms with Gasteiger partial charge in [-0.3, -0.25) is 9.78 Å². The van der Waals surface area contributed by atoms with Gasteiger partial charge in [-0.25, -0.2) is 0 Å². The van der Waals surface area contributed by atoms with Crippen LogP contribution in [-0.4, -0.2) is 47.9 Å². The van der Waals surface area contributed by atoms with Crippen molar-refractivity contribution in [2.45, 2.75) is 25.0 Å². The summed E-state index contributed by atoms with van der Waals surface area (Å²) in [5.41, 5.74) is 0.821. The van der Waals surface area contributed by atoms with Gasteiger partial charge in [0.1, 0.15) is 0 Å². The minimum atomic E-state index is -0.415. The molecule has 0 N–H and O–H groups in total. The lowest BCUT2D eigenvalue weighted by atomic mass is 10.0. The van der Waals surface area contributed by atoms with E-state index >= 15 is 0 Å². The Balaban J connectivity index is 1.55. The van der Waals surface area contributed by atoms with E-state index in [0.29, 0.717) is 32.7 Å². The van der Waals surface area contributed by atoms with Gasteiger partial charge in [0.2, 0.25) is 5.91 Å². The summed E-state index contributed by atoms with van der Waals surface area (Å²) in [4.78, 5) is 18.2. The van der Waals surface area contributed by atoms with Crippen molar-refractivity contribution in [2.24, 2.45) is 0 Å². The van der Waals surface area contributed by atoms with Crippen molar-refractivity contribution >= 4 is 5.91 Å². The predicted octanol–water partition coefficient (Wildman–Crippen LogP) is 0.990. The zero-order chi connectivity index (χ0) is 13.1. The van der Waals surface area contributed by atoms with Crippen LogP contribution in [0, 0.1) is 0 Å². The van der Waals surface area contributed by atoms with E-state index in [9.17, 15) is 4.79 Å². The molecule has 0 aromatic carbocycles. The van der Waals surface area contributed by atoms with Crippen LogP contribution in [0.2, 0.25) is 0 Å². The average molecular weight is 262 g/mol. The SMILES string of the molecule is O=C(Cc1ccccn1)N1CCC2(CC1)OCCO2. The number of hydrogen-bond acceptors (Lipinski definition) is 4. The molecule has 2 saturated heterocycles. The van der Waals surface area contributed by atoms with Crippen molar-refractivity contribution < 1.29 is 14.3 Å². The molecule has 1 amide bonds. The van der Waals surface area contributed by atoms with Crippen molar-refractivity contribution in [3.05, 3.63) is 30.1 Å². The summed E-state index contributed by atoms with van der Waals surface area (Å²) in [5, 5.41) is 0. The first-order valence-corrected chi connectivity index (χ1v) is 6.73. The van der Waals surface area contributed by atoms with Crippen LogP contribution in [0.4, 0.5) is 0 Å². The van der Waals surface area contributed by atoms with E-state index in [0.717, 1.165) is 18.5 Å². The van der Waals surface area contributed by atoms with E-state index in [1.54, 1.807) is 6.20 Å². The Bertz CT molecular complexity index is 433. The topological polar surface area (TPSA) is 51.7 Å². The molecule has 5 heteroatoms. The first-order chi connectivity index (χ1) is 9.27.